The van der Waals surface area contributed by atoms with Crippen LogP contribution in [0.1, 0.15) is 38.2 Å². The minimum absolute atomic E-state index is 0.000170. The molecular formula is C25H34N6O7. The van der Waals surface area contributed by atoms with Gasteiger partial charge in [-0.3, -0.25) is 19.2 Å². The number of carbonyl (C=O) groups excluding carboxylic acids is 4. The van der Waals surface area contributed by atoms with Crippen molar-refractivity contribution in [3.8, 4) is 0 Å². The average Bonchev–Trinajstić information content (AvgIpc) is 3.52. The number of aliphatic hydroxyl groups excluding tert-OH is 1. The fourth-order valence-corrected chi connectivity index (χ4v) is 4.57. The second-order valence-electron chi connectivity index (χ2n) is 9.49. The van der Waals surface area contributed by atoms with Crippen molar-refractivity contribution in [3.05, 3.63) is 36.0 Å². The zero-order valence-electron chi connectivity index (χ0n) is 21.1. The van der Waals surface area contributed by atoms with Crippen molar-refractivity contribution in [1.82, 2.24) is 20.5 Å². The number of primary amides is 1. The lowest BCUT2D eigenvalue weighted by molar-refractivity contribution is -0.147. The number of carboxylic acid groups (broad SMARTS) is 1. The van der Waals surface area contributed by atoms with Gasteiger partial charge in [0, 0.05) is 36.5 Å². The standard InChI is InChI=1S/C25H34N6O7/c1-13(32)21(25(37)38)30-23(35)19-7-4-10-31(19)24(36)18(29-22(34)16(26)8-9-20(27)33)11-14-12-28-17-6-3-2-5-15(14)17/h2-3,5-6,12-13,16,18-19,21,28,32H,4,7-11,26H2,1H3,(H2,27,33)(H,29,34)(H,30,35)(H,37,38). The smallest absolute Gasteiger partial charge is 0.328 e. The van der Waals surface area contributed by atoms with E-state index in [1.807, 2.05) is 24.3 Å². The monoisotopic (exact) mass is 530 g/mol. The molecule has 1 aromatic carbocycles. The van der Waals surface area contributed by atoms with Crippen LogP contribution in [0.15, 0.2) is 30.5 Å². The quantitative estimate of drug-likeness (QED) is 0.175. The Balaban J connectivity index is 1.83. The molecule has 0 spiro atoms. The number of aliphatic hydroxyl groups is 1. The fraction of sp³-hybridized carbons (Fsp3) is 0.480. The zero-order valence-corrected chi connectivity index (χ0v) is 21.1. The van der Waals surface area contributed by atoms with Gasteiger partial charge in [0.2, 0.25) is 23.6 Å². The first-order valence-corrected chi connectivity index (χ1v) is 12.4. The van der Waals surface area contributed by atoms with E-state index in [1.54, 1.807) is 6.20 Å². The lowest BCUT2D eigenvalue weighted by atomic mass is 10.0. The molecule has 38 heavy (non-hydrogen) atoms. The number of H-pyrrole nitrogens is 1. The van der Waals surface area contributed by atoms with Crippen molar-refractivity contribution < 1.29 is 34.2 Å². The van der Waals surface area contributed by atoms with Crippen molar-refractivity contribution in [1.29, 1.82) is 0 Å². The molecule has 206 valence electrons. The van der Waals surface area contributed by atoms with Gasteiger partial charge in [-0.2, -0.15) is 0 Å². The number of fused-ring (bicyclic) bond motifs is 1. The van der Waals surface area contributed by atoms with Crippen molar-refractivity contribution in [2.45, 2.75) is 69.3 Å². The molecule has 9 N–H and O–H groups in total. The van der Waals surface area contributed by atoms with Gasteiger partial charge in [-0.05, 0) is 37.8 Å². The van der Waals surface area contributed by atoms with Gasteiger partial charge < -0.3 is 42.2 Å². The minimum Gasteiger partial charge on any atom is -0.480 e. The zero-order chi connectivity index (χ0) is 28.0. The van der Waals surface area contributed by atoms with Crippen LogP contribution in [0, 0.1) is 0 Å². The maximum atomic E-state index is 13.7. The first-order chi connectivity index (χ1) is 18.0. The molecule has 5 atom stereocenters. The van der Waals surface area contributed by atoms with Crippen LogP contribution in [-0.2, 0) is 30.4 Å². The molecule has 2 heterocycles. The van der Waals surface area contributed by atoms with Crippen LogP contribution in [0.2, 0.25) is 0 Å². The summed E-state index contributed by atoms with van der Waals surface area (Å²) in [7, 11) is 0. The third-order valence-electron chi connectivity index (χ3n) is 6.64. The van der Waals surface area contributed by atoms with Crippen molar-refractivity contribution in [2.24, 2.45) is 11.5 Å². The first kappa shape index (κ1) is 28.6. The average molecular weight is 531 g/mol. The number of para-hydroxylation sites is 1. The molecule has 0 radical (unpaired) electrons. The lowest BCUT2D eigenvalue weighted by Crippen LogP contribution is -2.58. The topological polar surface area (TPSA) is 221 Å². The number of nitrogens with two attached hydrogens (primary N) is 2. The number of aliphatic carboxylic acids is 1. The molecule has 1 aliphatic heterocycles. The van der Waals surface area contributed by atoms with E-state index in [9.17, 15) is 34.2 Å². The van der Waals surface area contributed by atoms with Crippen LogP contribution in [-0.4, -0.2) is 86.5 Å². The van der Waals surface area contributed by atoms with Gasteiger partial charge in [0.1, 0.15) is 12.1 Å². The number of hydrogen-bond donors (Lipinski definition) is 7. The SMILES string of the molecule is CC(O)C(NC(=O)C1CCCN1C(=O)C(Cc1c[nH]c2ccccc12)NC(=O)C(N)CCC(N)=O)C(=O)O. The number of hydrogen-bond acceptors (Lipinski definition) is 7. The third kappa shape index (κ3) is 6.86. The molecule has 0 aliphatic carbocycles. The molecule has 1 aromatic heterocycles. The molecule has 13 nitrogen and oxygen atoms in total. The molecule has 0 saturated carbocycles. The number of carboxylic acids is 1. The van der Waals surface area contributed by atoms with Gasteiger partial charge in [-0.15, -0.1) is 0 Å². The number of carbonyl (C=O) groups is 5. The molecule has 0 bridgehead atoms. The van der Waals surface area contributed by atoms with Gasteiger partial charge in [-0.1, -0.05) is 18.2 Å². The van der Waals surface area contributed by atoms with Crippen LogP contribution in [0.25, 0.3) is 10.9 Å². The molecule has 13 heteroatoms. The van der Waals surface area contributed by atoms with Gasteiger partial charge >= 0.3 is 5.97 Å². The minimum atomic E-state index is -1.54. The van der Waals surface area contributed by atoms with E-state index in [4.69, 9.17) is 11.5 Å². The molecule has 4 amide bonds. The number of nitrogens with one attached hydrogen (secondary N) is 3. The molecule has 3 rings (SSSR count). The van der Waals surface area contributed by atoms with E-state index in [-0.39, 0.29) is 32.2 Å². The van der Waals surface area contributed by atoms with Gasteiger partial charge in [0.15, 0.2) is 6.04 Å². The first-order valence-electron chi connectivity index (χ1n) is 12.4. The van der Waals surface area contributed by atoms with Gasteiger partial charge in [0.25, 0.3) is 0 Å². The fourth-order valence-electron chi connectivity index (χ4n) is 4.57. The Morgan fingerprint density at radius 3 is 2.55 bits per heavy atom. The van der Waals surface area contributed by atoms with E-state index in [2.05, 4.69) is 15.6 Å². The van der Waals surface area contributed by atoms with Gasteiger partial charge in [-0.25, -0.2) is 4.79 Å². The summed E-state index contributed by atoms with van der Waals surface area (Å²) in [5.74, 6) is -3.91. The molecule has 1 fully saturated rings. The summed E-state index contributed by atoms with van der Waals surface area (Å²) in [5, 5.41) is 24.9. The van der Waals surface area contributed by atoms with E-state index >= 15 is 0 Å². The predicted molar refractivity (Wildman–Crippen MR) is 136 cm³/mol. The number of benzene rings is 1. The van der Waals surface area contributed by atoms with Crippen LogP contribution in [0.3, 0.4) is 0 Å². The highest BCUT2D eigenvalue weighted by Crippen LogP contribution is 2.23. The van der Waals surface area contributed by atoms with Crippen molar-refractivity contribution in [2.75, 3.05) is 6.54 Å². The maximum absolute atomic E-state index is 13.7. The number of rotatable bonds is 12. The van der Waals surface area contributed by atoms with E-state index in [0.717, 1.165) is 16.5 Å². The molecule has 1 aliphatic rings. The summed E-state index contributed by atoms with van der Waals surface area (Å²) in [5.41, 5.74) is 12.7. The third-order valence-corrected chi connectivity index (χ3v) is 6.64. The van der Waals surface area contributed by atoms with E-state index < -0.39 is 59.9 Å². The van der Waals surface area contributed by atoms with E-state index in [1.165, 1.54) is 11.8 Å². The van der Waals surface area contributed by atoms with Gasteiger partial charge in [0.05, 0.1) is 12.1 Å². The van der Waals surface area contributed by atoms with Crippen LogP contribution in [0.5, 0.6) is 0 Å². The van der Waals surface area contributed by atoms with Crippen LogP contribution in [0.4, 0.5) is 0 Å². The van der Waals surface area contributed by atoms with E-state index in [0.29, 0.717) is 6.42 Å². The lowest BCUT2D eigenvalue weighted by Gasteiger charge is -2.30. The maximum Gasteiger partial charge on any atom is 0.328 e. The summed E-state index contributed by atoms with van der Waals surface area (Å²) in [6.45, 7) is 1.46. The molecular weight excluding hydrogens is 496 g/mol. The summed E-state index contributed by atoms with van der Waals surface area (Å²) in [6.07, 6.45) is 1.15. The predicted octanol–water partition coefficient (Wildman–Crippen LogP) is -1.27. The van der Waals surface area contributed by atoms with Crippen LogP contribution >= 0.6 is 0 Å². The highest BCUT2D eigenvalue weighted by molar-refractivity contribution is 5.95. The summed E-state index contributed by atoms with van der Waals surface area (Å²) in [6, 6.07) is 2.75. The van der Waals surface area contributed by atoms with Crippen molar-refractivity contribution in [3.63, 3.8) is 0 Å². The molecule has 5 unspecified atom stereocenters. The number of amides is 4. The number of likely N-dealkylation sites (tertiary alicyclic amines) is 1. The van der Waals surface area contributed by atoms with Crippen molar-refractivity contribution >= 4 is 40.5 Å². The summed E-state index contributed by atoms with van der Waals surface area (Å²) < 4.78 is 0. The Bertz CT molecular complexity index is 1200. The Morgan fingerprint density at radius 2 is 1.89 bits per heavy atom. The molecule has 2 aromatic rings. The number of aromatic amines is 1. The normalized spacial score (nSPS) is 18.4. The Hall–Kier alpha value is -3.97. The summed E-state index contributed by atoms with van der Waals surface area (Å²) in [4.78, 5) is 66.5. The molecule has 1 saturated heterocycles. The summed E-state index contributed by atoms with van der Waals surface area (Å²) >= 11 is 0. The largest absolute Gasteiger partial charge is 0.480 e. The second-order valence-corrected chi connectivity index (χ2v) is 9.49. The number of aromatic nitrogens is 1. The highest BCUT2D eigenvalue weighted by atomic mass is 16.4. The Labute approximate surface area is 218 Å². The Kier molecular flexibility index (Phi) is 9.42. The Morgan fingerprint density at radius 1 is 1.18 bits per heavy atom. The second kappa shape index (κ2) is 12.5. The number of nitrogens with zero attached hydrogens (tertiary/aromatic N) is 1. The highest BCUT2D eigenvalue weighted by Gasteiger charge is 2.40. The van der Waals surface area contributed by atoms with Crippen LogP contribution < -0.4 is 22.1 Å².